The molecule has 0 saturated carbocycles. The summed E-state index contributed by atoms with van der Waals surface area (Å²) in [6, 6.07) is 4.92. The van der Waals surface area contributed by atoms with Crippen LogP contribution in [0.3, 0.4) is 0 Å². The van der Waals surface area contributed by atoms with Gasteiger partial charge >= 0.3 is 5.97 Å². The lowest BCUT2D eigenvalue weighted by Gasteiger charge is -2.22. The minimum Gasteiger partial charge on any atom is -0.462 e. The lowest BCUT2D eigenvalue weighted by atomic mass is 9.85. The molecule has 144 valence electrons. The molecule has 4 nitrogen and oxygen atoms in total. The van der Waals surface area contributed by atoms with E-state index in [1.54, 1.807) is 13.0 Å². The van der Waals surface area contributed by atoms with Crippen LogP contribution in [0, 0.1) is 14.8 Å². The van der Waals surface area contributed by atoms with Gasteiger partial charge in [0, 0.05) is 10.1 Å². The molecule has 1 aromatic carbocycles. The number of nitrogens with one attached hydrogen (secondary N) is 2. The zero-order valence-electron chi connectivity index (χ0n) is 15.2. The van der Waals surface area contributed by atoms with Gasteiger partial charge in [0.1, 0.15) is 15.8 Å². The molecule has 0 radical (unpaired) electrons. The quantitative estimate of drug-likeness (QED) is 0.329. The fraction of sp³-hybridized carbons (Fsp3) is 0.368. The van der Waals surface area contributed by atoms with Crippen LogP contribution in [0.15, 0.2) is 18.2 Å². The summed E-state index contributed by atoms with van der Waals surface area (Å²) in [5.74, 6) is -0.787. The molecule has 0 amide bonds. The van der Waals surface area contributed by atoms with E-state index in [4.69, 9.17) is 17.0 Å². The summed E-state index contributed by atoms with van der Waals surface area (Å²) in [6.07, 6.45) is 0.678. The highest BCUT2D eigenvalue weighted by Crippen LogP contribution is 2.41. The van der Waals surface area contributed by atoms with Crippen molar-refractivity contribution < 1.29 is 13.9 Å². The Hall–Kier alpha value is -1.26. The Balaban J connectivity index is 2.12. The number of carbonyl (C=O) groups is 1. The molecule has 0 spiro atoms. The van der Waals surface area contributed by atoms with Gasteiger partial charge in [0.15, 0.2) is 0 Å². The second kappa shape index (κ2) is 8.00. The van der Waals surface area contributed by atoms with Gasteiger partial charge in [-0.2, -0.15) is 0 Å². The number of carbonyl (C=O) groups excluding carboxylic acids is 1. The zero-order valence-corrected chi connectivity index (χ0v) is 19.0. The minimum absolute atomic E-state index is 0.0803. The number of anilines is 2. The predicted octanol–water partition coefficient (Wildman–Crippen LogP) is 5.26. The molecule has 1 aliphatic heterocycles. The number of halogens is 2. The van der Waals surface area contributed by atoms with Crippen molar-refractivity contribution in [1.29, 1.82) is 0 Å². The van der Waals surface area contributed by atoms with E-state index >= 15 is 0 Å². The van der Waals surface area contributed by atoms with Crippen LogP contribution in [0.2, 0.25) is 0 Å². The summed E-state index contributed by atoms with van der Waals surface area (Å²) in [7, 11) is 0. The standard InChI is InChI=1S/C19H20FIN2O2S2/c1-4-25-18(24)14-11-8-19(2,3)9-22-16(26)15(11)27-17(14)23-13-6-5-10(21)7-12(13)20/h5-7,23H,4,8-9H2,1-3H3,(H,22,26). The largest absolute Gasteiger partial charge is 0.462 e. The summed E-state index contributed by atoms with van der Waals surface area (Å²) in [6.45, 7) is 7.01. The first-order valence-corrected chi connectivity index (χ1v) is 10.9. The van der Waals surface area contributed by atoms with Gasteiger partial charge in [-0.05, 0) is 65.1 Å². The van der Waals surface area contributed by atoms with E-state index in [1.165, 1.54) is 17.4 Å². The van der Waals surface area contributed by atoms with Crippen molar-refractivity contribution >= 4 is 67.8 Å². The van der Waals surface area contributed by atoms with Crippen LogP contribution in [-0.4, -0.2) is 24.1 Å². The Labute approximate surface area is 181 Å². The van der Waals surface area contributed by atoms with Gasteiger partial charge in [0.25, 0.3) is 0 Å². The molecular weight excluding hydrogens is 498 g/mol. The Morgan fingerprint density at radius 1 is 1.48 bits per heavy atom. The Morgan fingerprint density at radius 2 is 2.22 bits per heavy atom. The summed E-state index contributed by atoms with van der Waals surface area (Å²) in [5.41, 5.74) is 1.56. The molecule has 2 N–H and O–H groups in total. The van der Waals surface area contributed by atoms with Crippen LogP contribution >= 0.6 is 46.1 Å². The topological polar surface area (TPSA) is 50.4 Å². The van der Waals surface area contributed by atoms with Gasteiger partial charge in [-0.1, -0.05) is 26.1 Å². The minimum atomic E-state index is -0.413. The van der Waals surface area contributed by atoms with E-state index in [-0.39, 0.29) is 17.8 Å². The highest BCUT2D eigenvalue weighted by molar-refractivity contribution is 14.1. The molecular formula is C19H20FIN2O2S2. The maximum atomic E-state index is 14.3. The molecule has 0 saturated heterocycles. The monoisotopic (exact) mass is 518 g/mol. The van der Waals surface area contributed by atoms with Crippen LogP contribution < -0.4 is 10.6 Å². The van der Waals surface area contributed by atoms with Crippen molar-refractivity contribution in [2.75, 3.05) is 18.5 Å². The number of hydrogen-bond donors (Lipinski definition) is 2. The average molecular weight is 518 g/mol. The maximum absolute atomic E-state index is 14.3. The Kier molecular flexibility index (Phi) is 6.07. The lowest BCUT2D eigenvalue weighted by Crippen LogP contribution is -2.31. The second-order valence-electron chi connectivity index (χ2n) is 7.11. The molecule has 0 fully saturated rings. The number of fused-ring (bicyclic) bond motifs is 1. The highest BCUT2D eigenvalue weighted by Gasteiger charge is 2.33. The number of benzene rings is 1. The van der Waals surface area contributed by atoms with E-state index in [0.29, 0.717) is 27.7 Å². The van der Waals surface area contributed by atoms with Gasteiger partial charge in [0.2, 0.25) is 0 Å². The van der Waals surface area contributed by atoms with Crippen LogP contribution in [0.1, 0.15) is 41.6 Å². The smallest absolute Gasteiger partial charge is 0.341 e. The summed E-state index contributed by atoms with van der Waals surface area (Å²) < 4.78 is 20.4. The van der Waals surface area contributed by atoms with E-state index in [1.807, 2.05) is 6.07 Å². The van der Waals surface area contributed by atoms with Crippen molar-refractivity contribution in [1.82, 2.24) is 5.32 Å². The Morgan fingerprint density at radius 3 is 2.89 bits per heavy atom. The van der Waals surface area contributed by atoms with Crippen LogP contribution in [0.5, 0.6) is 0 Å². The molecule has 3 rings (SSSR count). The number of thiocarbonyl (C=S) groups is 1. The van der Waals surface area contributed by atoms with E-state index < -0.39 is 5.97 Å². The molecule has 2 aromatic rings. The molecule has 0 unspecified atom stereocenters. The number of thiophene rings is 1. The first kappa shape index (κ1) is 20.5. The third-order valence-electron chi connectivity index (χ3n) is 4.25. The SMILES string of the molecule is CCOC(=O)c1c(Nc2ccc(I)cc2F)sc2c1CC(C)(C)CNC2=S. The summed E-state index contributed by atoms with van der Waals surface area (Å²) in [4.78, 5) is 14.2. The molecule has 0 aliphatic carbocycles. The second-order valence-corrected chi connectivity index (χ2v) is 9.78. The molecule has 8 heteroatoms. The van der Waals surface area contributed by atoms with E-state index in [2.05, 4.69) is 47.1 Å². The summed E-state index contributed by atoms with van der Waals surface area (Å²) >= 11 is 8.94. The predicted molar refractivity (Wildman–Crippen MR) is 120 cm³/mol. The number of ether oxygens (including phenoxy) is 1. The van der Waals surface area contributed by atoms with Crippen molar-refractivity contribution in [3.05, 3.63) is 43.6 Å². The fourth-order valence-electron chi connectivity index (χ4n) is 2.98. The molecule has 0 atom stereocenters. The zero-order chi connectivity index (χ0) is 19.8. The normalized spacial score (nSPS) is 15.5. The number of hydrogen-bond acceptors (Lipinski definition) is 5. The number of esters is 1. The fourth-order valence-corrected chi connectivity index (χ4v) is 4.89. The molecule has 1 aromatic heterocycles. The van der Waals surface area contributed by atoms with Crippen molar-refractivity contribution in [3.8, 4) is 0 Å². The van der Waals surface area contributed by atoms with Crippen molar-refractivity contribution in [3.63, 3.8) is 0 Å². The third kappa shape index (κ3) is 4.43. The number of rotatable bonds is 4. The van der Waals surface area contributed by atoms with Crippen LogP contribution in [0.25, 0.3) is 0 Å². The van der Waals surface area contributed by atoms with Gasteiger partial charge in [0.05, 0.1) is 22.7 Å². The Bertz CT molecular complexity index is 911. The van der Waals surface area contributed by atoms with Gasteiger partial charge < -0.3 is 15.4 Å². The maximum Gasteiger partial charge on any atom is 0.341 e. The molecule has 27 heavy (non-hydrogen) atoms. The average Bonchev–Trinajstić information content (AvgIpc) is 2.87. The van der Waals surface area contributed by atoms with Gasteiger partial charge in [-0.15, -0.1) is 11.3 Å². The summed E-state index contributed by atoms with van der Waals surface area (Å²) in [5, 5.41) is 6.91. The highest BCUT2D eigenvalue weighted by atomic mass is 127. The van der Waals surface area contributed by atoms with Crippen LogP contribution in [0.4, 0.5) is 15.1 Å². The molecule has 1 aliphatic rings. The molecule has 2 heterocycles. The van der Waals surface area contributed by atoms with Gasteiger partial charge in [-0.25, -0.2) is 9.18 Å². The van der Waals surface area contributed by atoms with Crippen LogP contribution in [-0.2, 0) is 11.2 Å². The molecule has 0 bridgehead atoms. The van der Waals surface area contributed by atoms with Gasteiger partial charge in [-0.3, -0.25) is 0 Å². The van der Waals surface area contributed by atoms with E-state index in [0.717, 1.165) is 20.6 Å². The third-order valence-corrected chi connectivity index (χ3v) is 6.57. The first-order chi connectivity index (χ1) is 12.7. The van der Waals surface area contributed by atoms with E-state index in [9.17, 15) is 9.18 Å². The van der Waals surface area contributed by atoms with Crippen molar-refractivity contribution in [2.45, 2.75) is 27.2 Å². The lowest BCUT2D eigenvalue weighted by molar-refractivity contribution is 0.0526. The first-order valence-electron chi connectivity index (χ1n) is 8.55. The van der Waals surface area contributed by atoms with Crippen molar-refractivity contribution in [2.24, 2.45) is 5.41 Å².